The van der Waals surface area contributed by atoms with E-state index in [0.29, 0.717) is 17.4 Å². The number of nitrogens with zero attached hydrogens (tertiary/aromatic N) is 1. The number of anilines is 1. The fraction of sp³-hybridized carbons (Fsp3) is 0.529. The molecule has 1 aliphatic carbocycles. The van der Waals surface area contributed by atoms with Crippen LogP contribution in [0, 0.1) is 5.92 Å². The van der Waals surface area contributed by atoms with Crippen LogP contribution >= 0.6 is 11.8 Å². The number of amides is 2. The van der Waals surface area contributed by atoms with E-state index in [0.717, 1.165) is 29.3 Å². The predicted molar refractivity (Wildman–Crippen MR) is 89.3 cm³/mol. The number of carbonyl (C=O) groups excluding carboxylic acids is 2. The lowest BCUT2D eigenvalue weighted by Crippen LogP contribution is -2.39. The summed E-state index contributed by atoms with van der Waals surface area (Å²) in [5, 5.41) is 2.85. The van der Waals surface area contributed by atoms with Crippen molar-refractivity contribution in [2.24, 2.45) is 5.92 Å². The van der Waals surface area contributed by atoms with Gasteiger partial charge in [0.1, 0.15) is 0 Å². The van der Waals surface area contributed by atoms with Crippen LogP contribution in [-0.4, -0.2) is 35.6 Å². The maximum Gasteiger partial charge on any atom is 0.253 e. The Bertz CT molecular complexity index is 594. The molecule has 1 aromatic carbocycles. The third-order valence-corrected chi connectivity index (χ3v) is 5.79. The third kappa shape index (κ3) is 3.14. The monoisotopic (exact) mass is 318 g/mol. The van der Waals surface area contributed by atoms with Gasteiger partial charge in [0.05, 0.1) is 11.4 Å². The summed E-state index contributed by atoms with van der Waals surface area (Å²) in [6.45, 7) is 2.28. The Morgan fingerprint density at radius 2 is 2.00 bits per heavy atom. The lowest BCUT2D eigenvalue weighted by atomic mass is 9.86. The SMILES string of the molecule is CC1CCC(N(C)C(=O)c2ccc3c(c2)NC(=O)CS3)CC1. The first-order valence-corrected chi connectivity index (χ1v) is 8.87. The minimum atomic E-state index is -0.00304. The number of hydrogen-bond acceptors (Lipinski definition) is 3. The van der Waals surface area contributed by atoms with Crippen molar-refractivity contribution < 1.29 is 9.59 Å². The van der Waals surface area contributed by atoms with E-state index in [4.69, 9.17) is 0 Å². The quantitative estimate of drug-likeness (QED) is 0.909. The first-order chi connectivity index (χ1) is 10.5. The molecular weight excluding hydrogens is 296 g/mol. The van der Waals surface area contributed by atoms with Crippen LogP contribution in [0.4, 0.5) is 5.69 Å². The zero-order chi connectivity index (χ0) is 15.7. The molecule has 1 heterocycles. The molecule has 5 heteroatoms. The van der Waals surface area contributed by atoms with Crippen molar-refractivity contribution in [3.05, 3.63) is 23.8 Å². The third-order valence-electron chi connectivity index (χ3n) is 4.71. The summed E-state index contributed by atoms with van der Waals surface area (Å²) >= 11 is 1.52. The van der Waals surface area contributed by atoms with Crippen molar-refractivity contribution in [2.45, 2.75) is 43.5 Å². The van der Waals surface area contributed by atoms with Crippen LogP contribution < -0.4 is 5.32 Å². The Labute approximate surface area is 135 Å². The molecule has 0 aromatic heterocycles. The van der Waals surface area contributed by atoms with E-state index in [1.165, 1.54) is 24.6 Å². The minimum absolute atomic E-state index is 0.00304. The zero-order valence-corrected chi connectivity index (χ0v) is 13.9. The maximum atomic E-state index is 12.7. The van der Waals surface area contributed by atoms with Gasteiger partial charge in [-0.3, -0.25) is 9.59 Å². The standard InChI is InChI=1S/C17H22N2O2S/c1-11-3-6-13(7-4-11)19(2)17(21)12-5-8-15-14(9-12)18-16(20)10-22-15/h5,8-9,11,13H,3-4,6-7,10H2,1-2H3,(H,18,20). The molecule has 0 bridgehead atoms. The topological polar surface area (TPSA) is 49.4 Å². The van der Waals surface area contributed by atoms with Crippen LogP contribution in [0.25, 0.3) is 0 Å². The second-order valence-electron chi connectivity index (χ2n) is 6.38. The number of benzene rings is 1. The number of fused-ring (bicyclic) bond motifs is 1. The van der Waals surface area contributed by atoms with Crippen molar-refractivity contribution in [3.8, 4) is 0 Å². The highest BCUT2D eigenvalue weighted by Gasteiger charge is 2.26. The summed E-state index contributed by atoms with van der Waals surface area (Å²) in [4.78, 5) is 27.1. The van der Waals surface area contributed by atoms with Gasteiger partial charge >= 0.3 is 0 Å². The number of nitrogens with one attached hydrogen (secondary N) is 1. The van der Waals surface area contributed by atoms with Crippen LogP contribution in [0.2, 0.25) is 0 Å². The average Bonchev–Trinajstić information content (AvgIpc) is 2.53. The van der Waals surface area contributed by atoms with Gasteiger partial charge in [0.15, 0.2) is 0 Å². The molecule has 0 unspecified atom stereocenters. The summed E-state index contributed by atoms with van der Waals surface area (Å²) in [6.07, 6.45) is 4.56. The summed E-state index contributed by atoms with van der Waals surface area (Å²) in [7, 11) is 1.90. The van der Waals surface area contributed by atoms with Crippen LogP contribution in [0.15, 0.2) is 23.1 Å². The van der Waals surface area contributed by atoms with Gasteiger partial charge in [-0.2, -0.15) is 0 Å². The maximum absolute atomic E-state index is 12.7. The molecule has 1 aliphatic heterocycles. The number of carbonyl (C=O) groups is 2. The molecule has 1 saturated carbocycles. The predicted octanol–water partition coefficient (Wildman–Crippen LogP) is 3.38. The molecule has 118 valence electrons. The van der Waals surface area contributed by atoms with E-state index in [9.17, 15) is 9.59 Å². The lowest BCUT2D eigenvalue weighted by molar-refractivity contribution is -0.113. The van der Waals surface area contributed by atoms with Gasteiger partial charge in [0.2, 0.25) is 5.91 Å². The molecule has 2 amide bonds. The fourth-order valence-corrected chi connectivity index (χ4v) is 4.00. The van der Waals surface area contributed by atoms with E-state index >= 15 is 0 Å². The van der Waals surface area contributed by atoms with Crippen molar-refractivity contribution >= 4 is 29.3 Å². The van der Waals surface area contributed by atoms with Gasteiger partial charge in [-0.25, -0.2) is 0 Å². The van der Waals surface area contributed by atoms with Crippen molar-refractivity contribution in [1.29, 1.82) is 0 Å². The highest BCUT2D eigenvalue weighted by molar-refractivity contribution is 8.00. The molecule has 0 saturated heterocycles. The number of thioether (sulfide) groups is 1. The molecule has 3 rings (SSSR count). The minimum Gasteiger partial charge on any atom is -0.339 e. The van der Waals surface area contributed by atoms with E-state index in [2.05, 4.69) is 12.2 Å². The van der Waals surface area contributed by atoms with Gasteiger partial charge < -0.3 is 10.2 Å². The number of rotatable bonds is 2. The van der Waals surface area contributed by atoms with Gasteiger partial charge in [-0.05, 0) is 49.8 Å². The molecular formula is C17H22N2O2S. The Balaban J connectivity index is 1.74. The van der Waals surface area contributed by atoms with E-state index in [1.54, 1.807) is 0 Å². The van der Waals surface area contributed by atoms with E-state index in [-0.39, 0.29) is 11.8 Å². The second-order valence-corrected chi connectivity index (χ2v) is 7.39. The highest BCUT2D eigenvalue weighted by Crippen LogP contribution is 2.33. The van der Waals surface area contributed by atoms with Crippen molar-refractivity contribution in [1.82, 2.24) is 4.90 Å². The molecule has 1 N–H and O–H groups in total. The molecule has 2 aliphatic rings. The Kier molecular flexibility index (Phi) is 4.43. The van der Waals surface area contributed by atoms with E-state index < -0.39 is 0 Å². The molecule has 1 fully saturated rings. The highest BCUT2D eigenvalue weighted by atomic mass is 32.2. The smallest absolute Gasteiger partial charge is 0.253 e. The Hall–Kier alpha value is -1.49. The molecule has 0 spiro atoms. The molecule has 0 radical (unpaired) electrons. The summed E-state index contributed by atoms with van der Waals surface area (Å²) < 4.78 is 0. The van der Waals surface area contributed by atoms with Gasteiger partial charge in [-0.15, -0.1) is 11.8 Å². The number of hydrogen-bond donors (Lipinski definition) is 1. The first kappa shape index (κ1) is 15.4. The second kappa shape index (κ2) is 6.32. The van der Waals surface area contributed by atoms with Crippen LogP contribution in [0.5, 0.6) is 0 Å². The van der Waals surface area contributed by atoms with Gasteiger partial charge in [0, 0.05) is 23.5 Å². The largest absolute Gasteiger partial charge is 0.339 e. The molecule has 4 nitrogen and oxygen atoms in total. The summed E-state index contributed by atoms with van der Waals surface area (Å²) in [5.41, 5.74) is 1.42. The average molecular weight is 318 g/mol. The van der Waals surface area contributed by atoms with Crippen molar-refractivity contribution in [3.63, 3.8) is 0 Å². The summed E-state index contributed by atoms with van der Waals surface area (Å²) in [6, 6.07) is 5.95. The lowest BCUT2D eigenvalue weighted by Gasteiger charge is -2.33. The van der Waals surface area contributed by atoms with Gasteiger partial charge in [-0.1, -0.05) is 6.92 Å². The molecule has 22 heavy (non-hydrogen) atoms. The Morgan fingerprint density at radius 3 is 2.73 bits per heavy atom. The molecule has 0 atom stereocenters. The van der Waals surface area contributed by atoms with Crippen LogP contribution in [-0.2, 0) is 4.79 Å². The first-order valence-electron chi connectivity index (χ1n) is 7.88. The van der Waals surface area contributed by atoms with Crippen LogP contribution in [0.3, 0.4) is 0 Å². The van der Waals surface area contributed by atoms with E-state index in [1.807, 2.05) is 30.1 Å². The van der Waals surface area contributed by atoms with Crippen LogP contribution in [0.1, 0.15) is 43.0 Å². The summed E-state index contributed by atoms with van der Waals surface area (Å²) in [5.74, 6) is 1.26. The normalized spacial score (nSPS) is 24.4. The molecule has 1 aromatic rings. The van der Waals surface area contributed by atoms with Gasteiger partial charge in [0.25, 0.3) is 5.91 Å². The fourth-order valence-electron chi connectivity index (χ4n) is 3.22. The Morgan fingerprint density at radius 1 is 1.27 bits per heavy atom. The zero-order valence-electron chi connectivity index (χ0n) is 13.1. The van der Waals surface area contributed by atoms with Crippen molar-refractivity contribution in [2.75, 3.05) is 18.1 Å².